The topological polar surface area (TPSA) is 67.8 Å². The van der Waals surface area contributed by atoms with E-state index in [9.17, 15) is 9.90 Å². The van der Waals surface area contributed by atoms with E-state index in [1.165, 1.54) is 0 Å². The molecule has 1 aliphatic carbocycles. The Morgan fingerprint density at radius 3 is 2.50 bits per heavy atom. The van der Waals surface area contributed by atoms with Gasteiger partial charge in [0.1, 0.15) is 0 Å². The number of hydrogen-bond donors (Lipinski definition) is 2. The second-order valence-electron chi connectivity index (χ2n) is 7.65. The normalized spacial score (nSPS) is 15.7. The maximum Gasteiger partial charge on any atom is 0.235 e. The van der Waals surface area contributed by atoms with Crippen LogP contribution in [0.2, 0.25) is 5.02 Å². The molecular formula is C24H20ClNO4. The Bertz CT molecular complexity index is 1120. The van der Waals surface area contributed by atoms with Crippen LogP contribution in [0.15, 0.2) is 60.7 Å². The zero-order chi connectivity index (χ0) is 20.7. The molecule has 0 atom stereocenters. The predicted octanol–water partition coefficient (Wildman–Crippen LogP) is 4.90. The maximum atomic E-state index is 13.2. The molecule has 1 saturated carbocycles. The van der Waals surface area contributed by atoms with Crippen molar-refractivity contribution >= 4 is 23.2 Å². The van der Waals surface area contributed by atoms with Gasteiger partial charge in [-0.2, -0.15) is 0 Å². The third kappa shape index (κ3) is 3.30. The largest absolute Gasteiger partial charge is 0.454 e. The van der Waals surface area contributed by atoms with Crippen molar-refractivity contribution in [3.8, 4) is 22.6 Å². The molecule has 0 unspecified atom stereocenters. The molecular weight excluding hydrogens is 402 g/mol. The van der Waals surface area contributed by atoms with E-state index in [0.29, 0.717) is 22.2 Å². The van der Waals surface area contributed by atoms with E-state index in [0.717, 1.165) is 35.1 Å². The highest BCUT2D eigenvalue weighted by Crippen LogP contribution is 2.51. The molecule has 0 radical (unpaired) electrons. The monoisotopic (exact) mass is 421 g/mol. The van der Waals surface area contributed by atoms with Gasteiger partial charge in [-0.25, -0.2) is 0 Å². The molecule has 3 aromatic carbocycles. The molecule has 5 nitrogen and oxygen atoms in total. The second kappa shape index (κ2) is 7.35. The summed E-state index contributed by atoms with van der Waals surface area (Å²) in [5.41, 5.74) is 3.68. The minimum atomic E-state index is -0.538. The van der Waals surface area contributed by atoms with Crippen LogP contribution in [0.3, 0.4) is 0 Å². The van der Waals surface area contributed by atoms with E-state index < -0.39 is 5.41 Å². The van der Waals surface area contributed by atoms with Gasteiger partial charge in [0.2, 0.25) is 12.7 Å². The van der Waals surface area contributed by atoms with Crippen molar-refractivity contribution in [3.05, 3.63) is 76.8 Å². The molecule has 2 aliphatic rings. The van der Waals surface area contributed by atoms with Gasteiger partial charge in [0.15, 0.2) is 11.5 Å². The van der Waals surface area contributed by atoms with Gasteiger partial charge < -0.3 is 19.9 Å². The number of carbonyl (C=O) groups excluding carboxylic acids is 1. The first-order valence-electron chi connectivity index (χ1n) is 9.80. The van der Waals surface area contributed by atoms with Gasteiger partial charge in [-0.15, -0.1) is 0 Å². The molecule has 1 heterocycles. The fourth-order valence-corrected chi connectivity index (χ4v) is 4.06. The maximum absolute atomic E-state index is 13.2. The molecule has 30 heavy (non-hydrogen) atoms. The van der Waals surface area contributed by atoms with Crippen LogP contribution in [-0.2, 0) is 16.8 Å². The highest BCUT2D eigenvalue weighted by Gasteiger charge is 2.51. The summed E-state index contributed by atoms with van der Waals surface area (Å²) >= 11 is 6.41. The summed E-state index contributed by atoms with van der Waals surface area (Å²) in [5, 5.41) is 12.9. The van der Waals surface area contributed by atoms with Gasteiger partial charge in [-0.1, -0.05) is 41.9 Å². The van der Waals surface area contributed by atoms with E-state index in [1.807, 2.05) is 54.6 Å². The van der Waals surface area contributed by atoms with Crippen LogP contribution in [0.25, 0.3) is 11.1 Å². The molecule has 0 bridgehead atoms. The molecule has 6 heteroatoms. The molecule has 0 spiro atoms. The molecule has 2 N–H and O–H groups in total. The van der Waals surface area contributed by atoms with Gasteiger partial charge in [-0.05, 0) is 59.9 Å². The van der Waals surface area contributed by atoms with E-state index >= 15 is 0 Å². The number of aliphatic hydroxyl groups excluding tert-OH is 1. The van der Waals surface area contributed by atoms with Crippen molar-refractivity contribution in [2.45, 2.75) is 24.9 Å². The minimum absolute atomic E-state index is 0.00789. The fourth-order valence-electron chi connectivity index (χ4n) is 3.83. The summed E-state index contributed by atoms with van der Waals surface area (Å²) in [4.78, 5) is 13.2. The van der Waals surface area contributed by atoms with Crippen molar-refractivity contribution in [2.24, 2.45) is 0 Å². The Balaban J connectivity index is 1.39. The van der Waals surface area contributed by atoms with Gasteiger partial charge >= 0.3 is 0 Å². The summed E-state index contributed by atoms with van der Waals surface area (Å²) in [6.07, 6.45) is 1.59. The standard InChI is InChI=1S/C24H20ClNO4/c25-20-7-6-18(12-19(20)16-3-1-15(13-27)2-4-16)26-23(28)24(9-10-24)17-5-8-21-22(11-17)30-14-29-21/h1-8,11-12,27H,9-10,13-14H2,(H,26,28). The Hall–Kier alpha value is -3.02. The van der Waals surface area contributed by atoms with Crippen LogP contribution in [0, 0.1) is 0 Å². The molecule has 1 fully saturated rings. The smallest absolute Gasteiger partial charge is 0.235 e. The van der Waals surface area contributed by atoms with Crippen molar-refractivity contribution in [3.63, 3.8) is 0 Å². The molecule has 3 aromatic rings. The van der Waals surface area contributed by atoms with Gasteiger partial charge in [0.05, 0.1) is 12.0 Å². The van der Waals surface area contributed by atoms with Crippen LogP contribution >= 0.6 is 11.6 Å². The predicted molar refractivity (Wildman–Crippen MR) is 115 cm³/mol. The molecule has 0 saturated heterocycles. The van der Waals surface area contributed by atoms with Crippen LogP contribution in [-0.4, -0.2) is 17.8 Å². The van der Waals surface area contributed by atoms with Gasteiger partial charge in [-0.3, -0.25) is 4.79 Å². The van der Waals surface area contributed by atoms with E-state index in [-0.39, 0.29) is 19.3 Å². The molecule has 152 valence electrons. The highest BCUT2D eigenvalue weighted by atomic mass is 35.5. The lowest BCUT2D eigenvalue weighted by atomic mass is 9.94. The number of benzene rings is 3. The SMILES string of the molecule is O=C(Nc1ccc(Cl)c(-c2ccc(CO)cc2)c1)C1(c2ccc3c(c2)OCO3)CC1. The zero-order valence-corrected chi connectivity index (χ0v) is 16.9. The number of rotatable bonds is 5. The number of anilines is 1. The van der Waals surface area contributed by atoms with E-state index in [2.05, 4.69) is 5.32 Å². The Morgan fingerprint density at radius 2 is 1.77 bits per heavy atom. The molecule has 0 aromatic heterocycles. The van der Waals surface area contributed by atoms with Crippen molar-refractivity contribution in [1.82, 2.24) is 0 Å². The number of aliphatic hydroxyl groups is 1. The Morgan fingerprint density at radius 1 is 1.00 bits per heavy atom. The van der Waals surface area contributed by atoms with E-state index in [4.69, 9.17) is 21.1 Å². The molecule has 1 aliphatic heterocycles. The summed E-state index contributed by atoms with van der Waals surface area (Å²) in [6.45, 7) is 0.205. The van der Waals surface area contributed by atoms with Crippen LogP contribution in [0.5, 0.6) is 11.5 Å². The number of hydrogen-bond acceptors (Lipinski definition) is 4. The third-order valence-corrected chi connectivity index (χ3v) is 6.11. The van der Waals surface area contributed by atoms with Crippen molar-refractivity contribution < 1.29 is 19.4 Å². The minimum Gasteiger partial charge on any atom is -0.454 e. The van der Waals surface area contributed by atoms with Crippen LogP contribution in [0.4, 0.5) is 5.69 Å². The van der Waals surface area contributed by atoms with Gasteiger partial charge in [0, 0.05) is 16.3 Å². The first-order valence-corrected chi connectivity index (χ1v) is 10.2. The number of amides is 1. The number of fused-ring (bicyclic) bond motifs is 1. The Labute approximate surface area is 179 Å². The average Bonchev–Trinajstić information content (AvgIpc) is 3.46. The average molecular weight is 422 g/mol. The number of carbonyl (C=O) groups is 1. The quantitative estimate of drug-likeness (QED) is 0.615. The van der Waals surface area contributed by atoms with Gasteiger partial charge in [0.25, 0.3) is 0 Å². The lowest BCUT2D eigenvalue weighted by molar-refractivity contribution is -0.118. The zero-order valence-electron chi connectivity index (χ0n) is 16.2. The first kappa shape index (κ1) is 19.0. The fraction of sp³-hybridized carbons (Fsp3) is 0.208. The van der Waals surface area contributed by atoms with Crippen molar-refractivity contribution in [1.29, 1.82) is 0 Å². The number of halogens is 1. The first-order chi connectivity index (χ1) is 14.6. The lowest BCUT2D eigenvalue weighted by Crippen LogP contribution is -2.27. The summed E-state index contributed by atoms with van der Waals surface area (Å²) in [7, 11) is 0. The summed E-state index contributed by atoms with van der Waals surface area (Å²) in [6, 6.07) is 18.7. The van der Waals surface area contributed by atoms with Crippen LogP contribution < -0.4 is 14.8 Å². The van der Waals surface area contributed by atoms with E-state index in [1.54, 1.807) is 6.07 Å². The van der Waals surface area contributed by atoms with Crippen LogP contribution in [0.1, 0.15) is 24.0 Å². The molecule has 5 rings (SSSR count). The number of nitrogens with one attached hydrogen (secondary N) is 1. The molecule has 1 amide bonds. The number of ether oxygens (including phenoxy) is 2. The summed E-state index contributed by atoms with van der Waals surface area (Å²) < 4.78 is 10.8. The summed E-state index contributed by atoms with van der Waals surface area (Å²) in [5.74, 6) is 1.36. The highest BCUT2D eigenvalue weighted by molar-refractivity contribution is 6.33. The lowest BCUT2D eigenvalue weighted by Gasteiger charge is -2.17. The Kier molecular flexibility index (Phi) is 4.65. The third-order valence-electron chi connectivity index (χ3n) is 5.78. The van der Waals surface area contributed by atoms with Crippen molar-refractivity contribution in [2.75, 3.05) is 12.1 Å². The second-order valence-corrected chi connectivity index (χ2v) is 8.06.